The Kier molecular flexibility index (Phi) is 3.42. The van der Waals surface area contributed by atoms with Crippen LogP contribution in [0.25, 0.3) is 0 Å². The molecule has 2 heterocycles. The highest BCUT2D eigenvalue weighted by molar-refractivity contribution is 4.84. The molecule has 0 bridgehead atoms. The van der Waals surface area contributed by atoms with E-state index in [4.69, 9.17) is 4.74 Å². The fourth-order valence-electron chi connectivity index (χ4n) is 2.79. The van der Waals surface area contributed by atoms with Gasteiger partial charge in [-0.15, -0.1) is 0 Å². The minimum atomic E-state index is 0.801. The van der Waals surface area contributed by atoms with E-state index in [1.807, 2.05) is 0 Å². The molecule has 0 unspecified atom stereocenters. The van der Waals surface area contributed by atoms with Crippen LogP contribution in [0, 0.1) is 5.92 Å². The summed E-state index contributed by atoms with van der Waals surface area (Å²) >= 11 is 0. The van der Waals surface area contributed by atoms with Crippen molar-refractivity contribution in [3.63, 3.8) is 0 Å². The average molecular weight is 198 g/mol. The lowest BCUT2D eigenvalue weighted by molar-refractivity contribution is -0.0132. The first-order chi connectivity index (χ1) is 6.77. The molecule has 2 fully saturated rings. The van der Waals surface area contributed by atoms with Gasteiger partial charge < -0.3 is 9.64 Å². The van der Waals surface area contributed by atoms with Crippen molar-refractivity contribution in [2.45, 2.75) is 19.4 Å². The van der Waals surface area contributed by atoms with Gasteiger partial charge in [0.15, 0.2) is 0 Å². The van der Waals surface area contributed by atoms with Gasteiger partial charge in [0.1, 0.15) is 0 Å². The molecule has 0 aromatic heterocycles. The molecule has 14 heavy (non-hydrogen) atoms. The molecule has 2 saturated heterocycles. The van der Waals surface area contributed by atoms with Gasteiger partial charge in [-0.05, 0) is 25.9 Å². The van der Waals surface area contributed by atoms with E-state index in [9.17, 15) is 0 Å². The maximum Gasteiger partial charge on any atom is 0.0594 e. The van der Waals surface area contributed by atoms with Gasteiger partial charge in [0.2, 0.25) is 0 Å². The molecule has 0 spiro atoms. The van der Waals surface area contributed by atoms with Crippen molar-refractivity contribution in [3.8, 4) is 0 Å². The zero-order chi connectivity index (χ0) is 9.97. The van der Waals surface area contributed by atoms with Crippen LogP contribution in [0.1, 0.15) is 13.3 Å². The third-order valence-electron chi connectivity index (χ3n) is 3.58. The lowest BCUT2D eigenvalue weighted by Crippen LogP contribution is -2.52. The van der Waals surface area contributed by atoms with Gasteiger partial charge in [-0.1, -0.05) is 6.92 Å². The smallest absolute Gasteiger partial charge is 0.0594 e. The zero-order valence-corrected chi connectivity index (χ0v) is 9.41. The summed E-state index contributed by atoms with van der Waals surface area (Å²) in [6.45, 7) is 9.03. The fraction of sp³-hybridized carbons (Fsp3) is 1.00. The first-order valence-corrected chi connectivity index (χ1v) is 5.77. The van der Waals surface area contributed by atoms with Crippen LogP contribution in [0.2, 0.25) is 0 Å². The van der Waals surface area contributed by atoms with Crippen molar-refractivity contribution in [3.05, 3.63) is 0 Å². The lowest BCUT2D eigenvalue weighted by Gasteiger charge is -2.43. The number of hydrogen-bond acceptors (Lipinski definition) is 3. The number of morpholine rings is 1. The van der Waals surface area contributed by atoms with Crippen LogP contribution in [0.3, 0.4) is 0 Å². The molecule has 82 valence electrons. The van der Waals surface area contributed by atoms with Crippen LogP contribution in [-0.2, 0) is 4.74 Å². The molecule has 2 aliphatic heterocycles. The van der Waals surface area contributed by atoms with Crippen molar-refractivity contribution >= 4 is 0 Å². The number of rotatable bonds is 1. The zero-order valence-electron chi connectivity index (χ0n) is 9.41. The van der Waals surface area contributed by atoms with E-state index >= 15 is 0 Å². The summed E-state index contributed by atoms with van der Waals surface area (Å²) in [6.07, 6.45) is 1.33. The maximum absolute atomic E-state index is 5.39. The molecule has 2 aliphatic rings. The van der Waals surface area contributed by atoms with Crippen LogP contribution in [0.15, 0.2) is 0 Å². The molecule has 0 amide bonds. The van der Waals surface area contributed by atoms with Gasteiger partial charge in [-0.2, -0.15) is 0 Å². The molecule has 2 atom stereocenters. The second kappa shape index (κ2) is 4.60. The van der Waals surface area contributed by atoms with Gasteiger partial charge in [-0.25, -0.2) is 0 Å². The largest absolute Gasteiger partial charge is 0.379 e. The Morgan fingerprint density at radius 1 is 1.14 bits per heavy atom. The number of likely N-dealkylation sites (tertiary alicyclic amines) is 1. The van der Waals surface area contributed by atoms with E-state index in [1.165, 1.54) is 19.5 Å². The number of hydrogen-bond donors (Lipinski definition) is 0. The van der Waals surface area contributed by atoms with Crippen molar-refractivity contribution in [1.29, 1.82) is 0 Å². The minimum absolute atomic E-state index is 0.801. The average Bonchev–Trinajstić information content (AvgIpc) is 2.19. The Labute approximate surface area is 87.0 Å². The van der Waals surface area contributed by atoms with E-state index in [2.05, 4.69) is 23.8 Å². The second-order valence-corrected chi connectivity index (χ2v) is 4.74. The third kappa shape index (κ3) is 2.27. The molecule has 0 aliphatic carbocycles. The van der Waals surface area contributed by atoms with Crippen LogP contribution in [-0.4, -0.2) is 62.3 Å². The third-order valence-corrected chi connectivity index (χ3v) is 3.58. The minimum Gasteiger partial charge on any atom is -0.379 e. The monoisotopic (exact) mass is 198 g/mol. The Bertz CT molecular complexity index is 180. The molecule has 0 aromatic carbocycles. The molecular formula is C11H22N2O. The van der Waals surface area contributed by atoms with Crippen molar-refractivity contribution in [2.75, 3.05) is 46.4 Å². The Balaban J connectivity index is 1.89. The number of ether oxygens (including phenoxy) is 1. The summed E-state index contributed by atoms with van der Waals surface area (Å²) in [5, 5.41) is 0. The highest BCUT2D eigenvalue weighted by Gasteiger charge is 2.29. The maximum atomic E-state index is 5.39. The highest BCUT2D eigenvalue weighted by Crippen LogP contribution is 2.21. The van der Waals surface area contributed by atoms with Crippen molar-refractivity contribution in [1.82, 2.24) is 9.80 Å². The molecule has 3 heteroatoms. The van der Waals surface area contributed by atoms with Crippen molar-refractivity contribution in [2.24, 2.45) is 5.92 Å². The Hall–Kier alpha value is -0.120. The van der Waals surface area contributed by atoms with E-state index in [0.29, 0.717) is 0 Å². The lowest BCUT2D eigenvalue weighted by atomic mass is 9.92. The SMILES string of the molecule is C[C@H]1CN(C)CC[C@H]1N1CCOCC1. The Morgan fingerprint density at radius 2 is 1.86 bits per heavy atom. The molecular weight excluding hydrogens is 176 g/mol. The van der Waals surface area contributed by atoms with Crippen LogP contribution in [0.5, 0.6) is 0 Å². The second-order valence-electron chi connectivity index (χ2n) is 4.74. The van der Waals surface area contributed by atoms with E-state index in [-0.39, 0.29) is 0 Å². The summed E-state index contributed by atoms with van der Waals surface area (Å²) in [4.78, 5) is 5.07. The van der Waals surface area contributed by atoms with Crippen molar-refractivity contribution < 1.29 is 4.74 Å². The van der Waals surface area contributed by atoms with Gasteiger partial charge in [0, 0.05) is 25.7 Å². The summed E-state index contributed by atoms with van der Waals surface area (Å²) in [6, 6.07) is 0.801. The first-order valence-electron chi connectivity index (χ1n) is 5.77. The molecule has 0 N–H and O–H groups in total. The van der Waals surface area contributed by atoms with Gasteiger partial charge in [0.05, 0.1) is 13.2 Å². The normalized spacial score (nSPS) is 37.3. The summed E-state index contributed by atoms with van der Waals surface area (Å²) in [7, 11) is 2.23. The molecule has 3 nitrogen and oxygen atoms in total. The first kappa shape index (κ1) is 10.4. The number of piperidine rings is 1. The highest BCUT2D eigenvalue weighted by atomic mass is 16.5. The number of nitrogens with zero attached hydrogens (tertiary/aromatic N) is 2. The predicted octanol–water partition coefficient (Wildman–Crippen LogP) is 0.659. The van der Waals surface area contributed by atoms with Gasteiger partial charge >= 0.3 is 0 Å². The fourth-order valence-corrected chi connectivity index (χ4v) is 2.79. The standard InChI is InChI=1S/C11H22N2O/c1-10-9-12(2)4-3-11(10)13-5-7-14-8-6-13/h10-11H,3-9H2,1-2H3/t10-,11+/m0/s1. The van der Waals surface area contributed by atoms with E-state index in [0.717, 1.165) is 38.3 Å². The molecule has 0 saturated carbocycles. The predicted molar refractivity (Wildman–Crippen MR) is 57.5 cm³/mol. The van der Waals surface area contributed by atoms with E-state index < -0.39 is 0 Å². The Morgan fingerprint density at radius 3 is 2.50 bits per heavy atom. The van der Waals surface area contributed by atoms with Gasteiger partial charge in [-0.3, -0.25) is 4.90 Å². The molecule has 0 radical (unpaired) electrons. The van der Waals surface area contributed by atoms with E-state index in [1.54, 1.807) is 0 Å². The van der Waals surface area contributed by atoms with Crippen LogP contribution < -0.4 is 0 Å². The quantitative estimate of drug-likeness (QED) is 0.615. The van der Waals surface area contributed by atoms with Gasteiger partial charge in [0.25, 0.3) is 0 Å². The summed E-state index contributed by atoms with van der Waals surface area (Å²) < 4.78 is 5.39. The topological polar surface area (TPSA) is 15.7 Å². The molecule has 2 rings (SSSR count). The molecule has 0 aromatic rings. The summed E-state index contributed by atoms with van der Waals surface area (Å²) in [5.74, 6) is 0.812. The van der Waals surface area contributed by atoms with Crippen LogP contribution >= 0.6 is 0 Å². The van der Waals surface area contributed by atoms with Crippen LogP contribution in [0.4, 0.5) is 0 Å². The summed E-state index contributed by atoms with van der Waals surface area (Å²) in [5.41, 5.74) is 0.